The number of guanidine groups is 1. The molecule has 0 bridgehead atoms. The number of hydrogen-bond acceptors (Lipinski definition) is 4. The minimum absolute atomic E-state index is 0.563. The highest BCUT2D eigenvalue weighted by Gasteiger charge is 2.05. The molecule has 0 unspecified atom stereocenters. The first-order chi connectivity index (χ1) is 13.6. The van der Waals surface area contributed by atoms with Gasteiger partial charge < -0.3 is 15.4 Å². The summed E-state index contributed by atoms with van der Waals surface area (Å²) in [7, 11) is 1.78. The van der Waals surface area contributed by atoms with Gasteiger partial charge in [0.15, 0.2) is 5.96 Å². The Kier molecular flexibility index (Phi) is 7.03. The second-order valence-corrected chi connectivity index (χ2v) is 7.73. The lowest BCUT2D eigenvalue weighted by Gasteiger charge is -2.11. The number of hydrogen-bond donors (Lipinski definition) is 2. The number of aromatic nitrogens is 1. The molecular formula is C22H26N4OS. The van der Waals surface area contributed by atoms with E-state index in [9.17, 15) is 0 Å². The number of para-hydroxylation sites is 1. The first-order valence-corrected chi connectivity index (χ1v) is 10.1. The second kappa shape index (κ2) is 9.90. The van der Waals surface area contributed by atoms with Crippen LogP contribution in [0.1, 0.15) is 26.7 Å². The molecule has 6 heteroatoms. The maximum Gasteiger partial charge on any atom is 0.191 e. The molecule has 1 heterocycles. The van der Waals surface area contributed by atoms with Crippen molar-refractivity contribution < 1.29 is 4.74 Å². The zero-order valence-electron chi connectivity index (χ0n) is 16.5. The van der Waals surface area contributed by atoms with Gasteiger partial charge in [-0.2, -0.15) is 0 Å². The van der Waals surface area contributed by atoms with Gasteiger partial charge in [-0.3, -0.25) is 4.99 Å². The normalized spacial score (nSPS) is 11.3. The van der Waals surface area contributed by atoms with Gasteiger partial charge in [0.05, 0.1) is 12.2 Å². The largest absolute Gasteiger partial charge is 0.489 e. The molecule has 0 fully saturated rings. The number of ether oxygens (including phenoxy) is 1. The summed E-state index contributed by atoms with van der Waals surface area (Å²) in [5, 5.41) is 7.72. The maximum absolute atomic E-state index is 5.78. The minimum atomic E-state index is 0.563. The summed E-state index contributed by atoms with van der Waals surface area (Å²) in [6.07, 6.45) is 0. The molecule has 5 nitrogen and oxygen atoms in total. The van der Waals surface area contributed by atoms with Crippen molar-refractivity contribution in [3.05, 3.63) is 81.3 Å². The van der Waals surface area contributed by atoms with Crippen LogP contribution in [-0.2, 0) is 19.7 Å². The topological polar surface area (TPSA) is 58.5 Å². The van der Waals surface area contributed by atoms with Crippen LogP contribution in [0.3, 0.4) is 0 Å². The lowest BCUT2D eigenvalue weighted by Crippen LogP contribution is -2.36. The van der Waals surface area contributed by atoms with E-state index in [-0.39, 0.29) is 0 Å². The van der Waals surface area contributed by atoms with Crippen LogP contribution in [0.5, 0.6) is 5.75 Å². The van der Waals surface area contributed by atoms with Crippen LogP contribution in [0, 0.1) is 13.8 Å². The van der Waals surface area contributed by atoms with Gasteiger partial charge in [0.1, 0.15) is 17.4 Å². The van der Waals surface area contributed by atoms with E-state index in [1.807, 2.05) is 37.3 Å². The Morgan fingerprint density at radius 1 is 0.964 bits per heavy atom. The van der Waals surface area contributed by atoms with E-state index in [1.54, 1.807) is 18.4 Å². The van der Waals surface area contributed by atoms with Gasteiger partial charge in [-0.1, -0.05) is 42.5 Å². The monoisotopic (exact) mass is 394 g/mol. The molecule has 0 aliphatic carbocycles. The third kappa shape index (κ3) is 5.82. The zero-order valence-corrected chi connectivity index (χ0v) is 17.3. The Bertz CT molecular complexity index is 885. The Morgan fingerprint density at radius 3 is 2.29 bits per heavy atom. The number of nitrogens with one attached hydrogen (secondary N) is 2. The van der Waals surface area contributed by atoms with E-state index in [0.29, 0.717) is 19.7 Å². The quantitative estimate of drug-likeness (QED) is 0.466. The first kappa shape index (κ1) is 19.9. The fraction of sp³-hybridized carbons (Fsp3) is 0.273. The molecule has 0 aliphatic rings. The third-order valence-corrected chi connectivity index (χ3v) is 5.41. The Morgan fingerprint density at radius 2 is 1.64 bits per heavy atom. The van der Waals surface area contributed by atoms with Gasteiger partial charge in [0.2, 0.25) is 0 Å². The number of aliphatic imine (C=N–C) groups is 1. The average molecular weight is 395 g/mol. The molecule has 0 aliphatic heterocycles. The van der Waals surface area contributed by atoms with Crippen molar-refractivity contribution in [3.8, 4) is 5.75 Å². The number of aryl methyl sites for hydroxylation is 2. The fourth-order valence-electron chi connectivity index (χ4n) is 2.62. The van der Waals surface area contributed by atoms with Crippen LogP contribution in [0.15, 0.2) is 59.6 Å². The molecule has 2 N–H and O–H groups in total. The van der Waals surface area contributed by atoms with Gasteiger partial charge in [-0.25, -0.2) is 4.98 Å². The number of nitrogens with zero attached hydrogens (tertiary/aromatic N) is 2. The van der Waals surface area contributed by atoms with Crippen molar-refractivity contribution in [1.82, 2.24) is 15.6 Å². The minimum Gasteiger partial charge on any atom is -0.489 e. The molecule has 1 aromatic heterocycles. The van der Waals surface area contributed by atoms with Crippen molar-refractivity contribution >= 4 is 17.3 Å². The van der Waals surface area contributed by atoms with E-state index >= 15 is 0 Å². The first-order valence-electron chi connectivity index (χ1n) is 9.27. The molecule has 0 saturated heterocycles. The molecule has 0 saturated carbocycles. The highest BCUT2D eigenvalue weighted by molar-refractivity contribution is 7.11. The summed E-state index contributed by atoms with van der Waals surface area (Å²) < 4.78 is 5.78. The van der Waals surface area contributed by atoms with Crippen LogP contribution in [0.4, 0.5) is 0 Å². The third-order valence-electron chi connectivity index (χ3n) is 4.34. The summed E-state index contributed by atoms with van der Waals surface area (Å²) in [5.41, 5.74) is 3.43. The summed E-state index contributed by atoms with van der Waals surface area (Å²) in [6, 6.07) is 18.3. The smallest absolute Gasteiger partial charge is 0.191 e. The van der Waals surface area contributed by atoms with Crippen LogP contribution in [0.25, 0.3) is 0 Å². The highest BCUT2D eigenvalue weighted by atomic mass is 32.1. The van der Waals surface area contributed by atoms with Crippen LogP contribution < -0.4 is 15.4 Å². The second-order valence-electron chi connectivity index (χ2n) is 6.45. The van der Waals surface area contributed by atoms with E-state index < -0.39 is 0 Å². The van der Waals surface area contributed by atoms with Crippen molar-refractivity contribution in [2.75, 3.05) is 7.05 Å². The Labute approximate surface area is 170 Å². The number of rotatable bonds is 7. The lowest BCUT2D eigenvalue weighted by atomic mass is 10.1. The van der Waals surface area contributed by atoms with Crippen LogP contribution in [0.2, 0.25) is 0 Å². The van der Waals surface area contributed by atoms with Gasteiger partial charge in [0.25, 0.3) is 0 Å². The van der Waals surface area contributed by atoms with E-state index in [0.717, 1.165) is 28.0 Å². The summed E-state index contributed by atoms with van der Waals surface area (Å²) >= 11 is 1.72. The zero-order chi connectivity index (χ0) is 19.8. The molecule has 146 valence electrons. The van der Waals surface area contributed by atoms with E-state index in [1.165, 1.54) is 10.4 Å². The lowest BCUT2D eigenvalue weighted by molar-refractivity contribution is 0.306. The van der Waals surface area contributed by atoms with Gasteiger partial charge in [-0.05, 0) is 37.1 Å². The summed E-state index contributed by atoms with van der Waals surface area (Å²) in [4.78, 5) is 10.1. The molecule has 2 aromatic carbocycles. The maximum atomic E-state index is 5.78. The van der Waals surface area contributed by atoms with Crippen molar-refractivity contribution in [1.29, 1.82) is 0 Å². The predicted molar refractivity (Wildman–Crippen MR) is 116 cm³/mol. The van der Waals surface area contributed by atoms with E-state index in [4.69, 9.17) is 4.74 Å². The predicted octanol–water partition coefficient (Wildman–Crippen LogP) is 4.20. The Hall–Kier alpha value is -2.86. The standard InChI is InChI=1S/C22H26N4OS/c1-16-17(2)28-21(26-16)14-25-22(23-3)24-13-18-9-11-19(12-10-18)15-27-20-7-5-4-6-8-20/h4-12H,13-15H2,1-3H3,(H2,23,24,25). The highest BCUT2D eigenvalue weighted by Crippen LogP contribution is 2.16. The van der Waals surface area contributed by atoms with Gasteiger partial charge in [-0.15, -0.1) is 11.3 Å². The van der Waals surface area contributed by atoms with Crippen molar-refractivity contribution in [2.45, 2.75) is 33.5 Å². The molecule has 0 amide bonds. The van der Waals surface area contributed by atoms with Gasteiger partial charge >= 0.3 is 0 Å². The van der Waals surface area contributed by atoms with Crippen LogP contribution >= 0.6 is 11.3 Å². The van der Waals surface area contributed by atoms with Gasteiger partial charge in [0, 0.05) is 18.5 Å². The summed E-state index contributed by atoms with van der Waals surface area (Å²) in [5.74, 6) is 1.65. The summed E-state index contributed by atoms with van der Waals surface area (Å²) in [6.45, 7) is 6.08. The molecular weight excluding hydrogens is 368 g/mol. The van der Waals surface area contributed by atoms with E-state index in [2.05, 4.69) is 51.8 Å². The molecule has 3 aromatic rings. The van der Waals surface area contributed by atoms with Crippen molar-refractivity contribution in [2.24, 2.45) is 4.99 Å². The van der Waals surface area contributed by atoms with Crippen molar-refractivity contribution in [3.63, 3.8) is 0 Å². The molecule has 3 rings (SSSR count). The van der Waals surface area contributed by atoms with Crippen LogP contribution in [-0.4, -0.2) is 18.0 Å². The SMILES string of the molecule is CN=C(NCc1ccc(COc2ccccc2)cc1)NCc1nc(C)c(C)s1. The number of benzene rings is 2. The molecule has 0 spiro atoms. The average Bonchev–Trinajstić information content (AvgIpc) is 3.05. The molecule has 0 atom stereocenters. The molecule has 0 radical (unpaired) electrons. The Balaban J connectivity index is 1.45. The molecule has 28 heavy (non-hydrogen) atoms. The fourth-order valence-corrected chi connectivity index (χ4v) is 3.49. The number of thiazole rings is 1.